The van der Waals surface area contributed by atoms with Gasteiger partial charge in [0.2, 0.25) is 17.7 Å². The topological polar surface area (TPSA) is 83.0 Å². The Morgan fingerprint density at radius 2 is 1.93 bits per heavy atom. The van der Waals surface area contributed by atoms with Crippen molar-refractivity contribution in [2.24, 2.45) is 0 Å². The molecule has 1 aliphatic heterocycles. The maximum atomic E-state index is 12.9. The summed E-state index contributed by atoms with van der Waals surface area (Å²) in [4.78, 5) is 45.7. The van der Waals surface area contributed by atoms with E-state index >= 15 is 0 Å². The third-order valence-corrected chi connectivity index (χ3v) is 5.39. The van der Waals surface area contributed by atoms with Crippen LogP contribution in [-0.2, 0) is 14.4 Å². The first-order valence-electron chi connectivity index (χ1n) is 8.62. The van der Waals surface area contributed by atoms with E-state index in [1.807, 2.05) is 37.2 Å². The zero-order chi connectivity index (χ0) is 19.6. The van der Waals surface area contributed by atoms with E-state index in [2.05, 4.69) is 4.98 Å². The van der Waals surface area contributed by atoms with Crippen LogP contribution in [0.5, 0.6) is 5.75 Å². The Morgan fingerprint density at radius 1 is 1.22 bits per heavy atom. The first-order valence-corrected chi connectivity index (χ1v) is 9.43. The number of hydrogen-bond donors (Lipinski definition) is 0. The molecular formula is C18H22N4O4S. The number of benzene rings is 1. The second-order valence-corrected chi connectivity index (χ2v) is 7.56. The van der Waals surface area contributed by atoms with Crippen LogP contribution in [0.4, 0.5) is 5.13 Å². The van der Waals surface area contributed by atoms with E-state index in [0.29, 0.717) is 24.0 Å². The first-order chi connectivity index (χ1) is 12.9. The van der Waals surface area contributed by atoms with Gasteiger partial charge in [0, 0.05) is 32.0 Å². The number of fused-ring (bicyclic) bond motifs is 1. The third kappa shape index (κ3) is 4.25. The molecule has 1 saturated heterocycles. The molecule has 1 aliphatic rings. The molecule has 144 valence electrons. The van der Waals surface area contributed by atoms with Crippen molar-refractivity contribution in [3.8, 4) is 5.75 Å². The van der Waals surface area contributed by atoms with E-state index < -0.39 is 0 Å². The van der Waals surface area contributed by atoms with Gasteiger partial charge in [-0.05, 0) is 26.2 Å². The molecule has 27 heavy (non-hydrogen) atoms. The van der Waals surface area contributed by atoms with E-state index in [4.69, 9.17) is 4.74 Å². The number of thiazole rings is 1. The van der Waals surface area contributed by atoms with Crippen molar-refractivity contribution < 1.29 is 19.1 Å². The summed E-state index contributed by atoms with van der Waals surface area (Å²) in [5.74, 6) is -0.213. The summed E-state index contributed by atoms with van der Waals surface area (Å²) in [5, 5.41) is 0.546. The van der Waals surface area contributed by atoms with Crippen molar-refractivity contribution >= 4 is 44.4 Å². The normalized spacial score (nSPS) is 14.4. The van der Waals surface area contributed by atoms with Crippen molar-refractivity contribution in [3.63, 3.8) is 0 Å². The molecule has 1 aromatic heterocycles. The maximum Gasteiger partial charge on any atom is 0.248 e. The lowest BCUT2D eigenvalue weighted by atomic mass is 10.3. The van der Waals surface area contributed by atoms with Gasteiger partial charge in [0.05, 0.1) is 17.3 Å². The Kier molecular flexibility index (Phi) is 5.71. The molecule has 8 nitrogen and oxygen atoms in total. The fraction of sp³-hybridized carbons (Fsp3) is 0.444. The Morgan fingerprint density at radius 3 is 2.56 bits per heavy atom. The number of carbonyl (C=O) groups is 3. The molecule has 0 saturated carbocycles. The molecule has 9 heteroatoms. The van der Waals surface area contributed by atoms with E-state index in [1.54, 1.807) is 12.0 Å². The summed E-state index contributed by atoms with van der Waals surface area (Å²) in [6.45, 7) is 0.802. The Hall–Kier alpha value is -2.52. The molecule has 0 atom stereocenters. The van der Waals surface area contributed by atoms with Gasteiger partial charge in [0.25, 0.3) is 0 Å². The van der Waals surface area contributed by atoms with Gasteiger partial charge in [-0.25, -0.2) is 4.98 Å². The second kappa shape index (κ2) is 8.01. The lowest BCUT2D eigenvalue weighted by molar-refractivity contribution is -0.141. The predicted molar refractivity (Wildman–Crippen MR) is 103 cm³/mol. The van der Waals surface area contributed by atoms with Crippen LogP contribution in [0, 0.1) is 0 Å². The van der Waals surface area contributed by atoms with Crippen molar-refractivity contribution in [1.29, 1.82) is 0 Å². The number of hydrogen-bond acceptors (Lipinski definition) is 7. The monoisotopic (exact) mass is 390 g/mol. The van der Waals surface area contributed by atoms with E-state index in [0.717, 1.165) is 15.1 Å². The fourth-order valence-electron chi connectivity index (χ4n) is 2.78. The average molecular weight is 390 g/mol. The van der Waals surface area contributed by atoms with Crippen molar-refractivity contribution in [1.82, 2.24) is 14.8 Å². The molecule has 0 spiro atoms. The Bertz CT molecular complexity index is 863. The standard InChI is InChI=1S/C18H22N4O4S/c1-20(2)8-9-21(17(25)11-22-15(23)6-7-16(22)24)18-19-13-10-12(26-3)4-5-14(13)27-18/h4-5,10H,6-9,11H2,1-3H3. The van der Waals surface area contributed by atoms with Gasteiger partial charge in [-0.1, -0.05) is 11.3 Å². The fourth-order valence-corrected chi connectivity index (χ4v) is 3.77. The van der Waals surface area contributed by atoms with Crippen molar-refractivity contribution in [2.45, 2.75) is 12.8 Å². The smallest absolute Gasteiger partial charge is 0.248 e. The minimum Gasteiger partial charge on any atom is -0.497 e. The van der Waals surface area contributed by atoms with Crippen LogP contribution in [0.3, 0.4) is 0 Å². The zero-order valence-corrected chi connectivity index (χ0v) is 16.4. The highest BCUT2D eigenvalue weighted by molar-refractivity contribution is 7.22. The van der Waals surface area contributed by atoms with Gasteiger partial charge in [-0.15, -0.1) is 0 Å². The molecule has 0 radical (unpaired) electrons. The van der Waals surface area contributed by atoms with Gasteiger partial charge in [0.1, 0.15) is 12.3 Å². The van der Waals surface area contributed by atoms with Crippen LogP contribution in [0.25, 0.3) is 10.2 Å². The quantitative estimate of drug-likeness (QED) is 0.664. The number of carbonyl (C=O) groups excluding carboxylic acids is 3. The van der Waals surface area contributed by atoms with Crippen LogP contribution in [0.2, 0.25) is 0 Å². The predicted octanol–water partition coefficient (Wildman–Crippen LogP) is 1.35. The number of nitrogens with zero attached hydrogens (tertiary/aromatic N) is 4. The minimum absolute atomic E-state index is 0.171. The van der Waals surface area contributed by atoms with Crippen molar-refractivity contribution in [2.75, 3.05) is 45.7 Å². The molecular weight excluding hydrogens is 368 g/mol. The summed E-state index contributed by atoms with van der Waals surface area (Å²) in [6.07, 6.45) is 0.343. The molecule has 1 aromatic carbocycles. The summed E-state index contributed by atoms with van der Waals surface area (Å²) >= 11 is 1.40. The lowest BCUT2D eigenvalue weighted by Gasteiger charge is -2.24. The molecule has 0 unspecified atom stereocenters. The molecule has 0 N–H and O–H groups in total. The summed E-state index contributed by atoms with van der Waals surface area (Å²) < 4.78 is 6.16. The van der Waals surface area contributed by atoms with E-state index in [9.17, 15) is 14.4 Å². The highest BCUT2D eigenvalue weighted by Crippen LogP contribution is 2.31. The highest BCUT2D eigenvalue weighted by atomic mass is 32.1. The summed E-state index contributed by atoms with van der Waals surface area (Å²) in [7, 11) is 5.42. The van der Waals surface area contributed by atoms with Gasteiger partial charge in [0.15, 0.2) is 5.13 Å². The number of likely N-dealkylation sites (tertiary alicyclic amines) is 1. The van der Waals surface area contributed by atoms with E-state index in [1.165, 1.54) is 11.3 Å². The summed E-state index contributed by atoms with van der Waals surface area (Å²) in [6, 6.07) is 5.56. The average Bonchev–Trinajstić information content (AvgIpc) is 3.19. The van der Waals surface area contributed by atoms with Crippen LogP contribution in [0.1, 0.15) is 12.8 Å². The number of rotatable bonds is 7. The first kappa shape index (κ1) is 19.2. The molecule has 2 aromatic rings. The number of imide groups is 1. The van der Waals surface area contributed by atoms with Gasteiger partial charge >= 0.3 is 0 Å². The minimum atomic E-state index is -0.313. The van der Waals surface area contributed by atoms with Gasteiger partial charge < -0.3 is 9.64 Å². The van der Waals surface area contributed by atoms with Crippen LogP contribution in [0.15, 0.2) is 18.2 Å². The number of aromatic nitrogens is 1. The van der Waals surface area contributed by atoms with Crippen molar-refractivity contribution in [3.05, 3.63) is 18.2 Å². The second-order valence-electron chi connectivity index (χ2n) is 6.55. The number of anilines is 1. The summed E-state index contributed by atoms with van der Waals surface area (Å²) in [5.41, 5.74) is 0.741. The largest absolute Gasteiger partial charge is 0.497 e. The van der Waals surface area contributed by atoms with Crippen LogP contribution >= 0.6 is 11.3 Å². The number of ether oxygens (including phenoxy) is 1. The Balaban J connectivity index is 1.87. The molecule has 1 fully saturated rings. The molecule has 2 heterocycles. The molecule has 3 amide bonds. The van der Waals surface area contributed by atoms with Gasteiger partial charge in [-0.3, -0.25) is 24.2 Å². The maximum absolute atomic E-state index is 12.9. The van der Waals surface area contributed by atoms with Crippen LogP contribution < -0.4 is 9.64 Å². The lowest BCUT2D eigenvalue weighted by Crippen LogP contribution is -2.44. The number of amides is 3. The van der Waals surface area contributed by atoms with Gasteiger partial charge in [-0.2, -0.15) is 0 Å². The SMILES string of the molecule is COc1ccc2sc(N(CCN(C)C)C(=O)CN3C(=O)CCC3=O)nc2c1. The number of likely N-dealkylation sites (N-methyl/N-ethyl adjacent to an activating group) is 1. The number of methoxy groups -OCH3 is 1. The zero-order valence-electron chi connectivity index (χ0n) is 15.6. The third-order valence-electron chi connectivity index (χ3n) is 4.33. The Labute approximate surface area is 161 Å². The molecule has 3 rings (SSSR count). The highest BCUT2D eigenvalue weighted by Gasteiger charge is 2.32. The molecule has 0 aliphatic carbocycles. The molecule has 0 bridgehead atoms. The van der Waals surface area contributed by atoms with E-state index in [-0.39, 0.29) is 37.1 Å². The van der Waals surface area contributed by atoms with Crippen LogP contribution in [-0.4, -0.2) is 73.3 Å².